The number of nitrogens with one attached hydrogen (secondary N) is 1. The quantitative estimate of drug-likeness (QED) is 0.711. The van der Waals surface area contributed by atoms with Crippen LogP contribution in [0.1, 0.15) is 18.5 Å². The van der Waals surface area contributed by atoms with Gasteiger partial charge in [0.25, 0.3) is 5.56 Å². The zero-order chi connectivity index (χ0) is 14.3. The average Bonchev–Trinajstić information content (AvgIpc) is 2.87. The van der Waals surface area contributed by atoms with Crippen molar-refractivity contribution in [2.24, 2.45) is 0 Å². The van der Waals surface area contributed by atoms with E-state index in [1.807, 2.05) is 42.6 Å². The largest absolute Gasteiger partial charge is 0.331 e. The van der Waals surface area contributed by atoms with Crippen LogP contribution >= 0.6 is 35.2 Å². The van der Waals surface area contributed by atoms with E-state index < -0.39 is 0 Å². The van der Waals surface area contributed by atoms with Crippen molar-refractivity contribution in [3.63, 3.8) is 0 Å². The third kappa shape index (κ3) is 2.22. The molecular weight excluding hydrogens is 312 g/mol. The molecule has 0 aliphatic heterocycles. The Bertz CT molecular complexity index is 894. The Kier molecular flexibility index (Phi) is 3.50. The third-order valence-corrected chi connectivity index (χ3v) is 4.69. The molecule has 0 aliphatic carbocycles. The fourth-order valence-corrected chi connectivity index (χ4v) is 3.55. The lowest BCUT2D eigenvalue weighted by Gasteiger charge is -2.16. The van der Waals surface area contributed by atoms with Crippen molar-refractivity contribution in [3.8, 4) is 0 Å². The van der Waals surface area contributed by atoms with Crippen molar-refractivity contribution in [2.45, 2.75) is 13.0 Å². The molecule has 3 aromatic rings. The lowest BCUT2D eigenvalue weighted by atomic mass is 10.1. The summed E-state index contributed by atoms with van der Waals surface area (Å²) in [5.41, 5.74) is 1.68. The molecule has 0 spiro atoms. The highest BCUT2D eigenvalue weighted by molar-refractivity contribution is 7.71. The number of benzene rings is 1. The first kappa shape index (κ1) is 13.5. The van der Waals surface area contributed by atoms with Gasteiger partial charge < -0.3 is 4.98 Å². The van der Waals surface area contributed by atoms with Crippen molar-refractivity contribution < 1.29 is 0 Å². The molecule has 0 amide bonds. The van der Waals surface area contributed by atoms with Gasteiger partial charge in [-0.05, 0) is 48.3 Å². The smallest absolute Gasteiger partial charge is 0.272 e. The first-order valence-corrected chi connectivity index (χ1v) is 7.72. The van der Waals surface area contributed by atoms with Crippen LogP contribution in [0.15, 0.2) is 40.5 Å². The zero-order valence-corrected chi connectivity index (χ0v) is 13.0. The summed E-state index contributed by atoms with van der Waals surface area (Å²) in [5, 5.41) is 2.53. The maximum Gasteiger partial charge on any atom is 0.272 e. The van der Waals surface area contributed by atoms with Crippen LogP contribution in [0.3, 0.4) is 0 Å². The van der Waals surface area contributed by atoms with E-state index in [2.05, 4.69) is 4.98 Å². The molecule has 3 rings (SSSR count). The maximum atomic E-state index is 12.6. The average molecular weight is 323 g/mol. The number of fused-ring (bicyclic) bond motifs is 1. The van der Waals surface area contributed by atoms with Crippen LogP contribution in [-0.2, 0) is 0 Å². The van der Waals surface area contributed by atoms with Crippen LogP contribution in [0.2, 0.25) is 5.02 Å². The second-order valence-electron chi connectivity index (χ2n) is 4.50. The fraction of sp³-hybridized carbons (Fsp3) is 0.143. The fourth-order valence-electron chi connectivity index (χ4n) is 2.22. The highest BCUT2D eigenvalue weighted by atomic mass is 35.5. The Morgan fingerprint density at radius 1 is 1.40 bits per heavy atom. The minimum atomic E-state index is -0.170. The van der Waals surface area contributed by atoms with Crippen molar-refractivity contribution in [3.05, 3.63) is 61.4 Å². The van der Waals surface area contributed by atoms with Gasteiger partial charge in [-0.15, -0.1) is 11.3 Å². The van der Waals surface area contributed by atoms with Crippen molar-refractivity contribution in [2.75, 3.05) is 0 Å². The van der Waals surface area contributed by atoms with Gasteiger partial charge in [0.05, 0.1) is 11.6 Å². The molecule has 0 aliphatic rings. The normalized spacial score (nSPS) is 12.7. The number of halogens is 1. The maximum absolute atomic E-state index is 12.6. The number of thiophene rings is 1. The van der Waals surface area contributed by atoms with Crippen LogP contribution in [0.25, 0.3) is 10.2 Å². The van der Waals surface area contributed by atoms with E-state index in [-0.39, 0.29) is 11.6 Å². The molecular formula is C14H11ClN2OS2. The molecule has 0 radical (unpaired) electrons. The number of hydrogen-bond acceptors (Lipinski definition) is 3. The lowest BCUT2D eigenvalue weighted by molar-refractivity contribution is 0.600. The summed E-state index contributed by atoms with van der Waals surface area (Å²) in [7, 11) is 0. The SMILES string of the molecule is CC(c1cccc(Cl)c1)n1c(=S)[nH]c2ccsc2c1=O. The lowest BCUT2D eigenvalue weighted by Crippen LogP contribution is -2.25. The molecule has 0 saturated carbocycles. The van der Waals surface area contributed by atoms with Gasteiger partial charge in [-0.1, -0.05) is 23.7 Å². The molecule has 1 unspecified atom stereocenters. The number of nitrogens with zero attached hydrogens (tertiary/aromatic N) is 1. The van der Waals surface area contributed by atoms with E-state index in [0.717, 1.165) is 11.1 Å². The predicted octanol–water partition coefficient (Wildman–Crippen LogP) is 4.38. The van der Waals surface area contributed by atoms with E-state index in [1.165, 1.54) is 11.3 Å². The van der Waals surface area contributed by atoms with Gasteiger partial charge in [0, 0.05) is 5.02 Å². The number of aromatic nitrogens is 2. The molecule has 20 heavy (non-hydrogen) atoms. The molecule has 2 heterocycles. The van der Waals surface area contributed by atoms with E-state index >= 15 is 0 Å². The molecule has 0 saturated heterocycles. The Labute approximate surface area is 129 Å². The molecule has 2 aromatic heterocycles. The highest BCUT2D eigenvalue weighted by Crippen LogP contribution is 2.22. The second-order valence-corrected chi connectivity index (χ2v) is 6.24. The topological polar surface area (TPSA) is 37.8 Å². The van der Waals surface area contributed by atoms with Crippen molar-refractivity contribution in [1.82, 2.24) is 9.55 Å². The molecule has 1 N–H and O–H groups in total. The summed E-state index contributed by atoms with van der Waals surface area (Å²) in [6.07, 6.45) is 0. The van der Waals surface area contributed by atoms with E-state index in [1.54, 1.807) is 4.57 Å². The number of hydrogen-bond donors (Lipinski definition) is 1. The Morgan fingerprint density at radius 3 is 2.95 bits per heavy atom. The Balaban J connectivity index is 2.24. The zero-order valence-electron chi connectivity index (χ0n) is 10.6. The number of rotatable bonds is 2. The monoisotopic (exact) mass is 322 g/mol. The van der Waals surface area contributed by atoms with E-state index in [9.17, 15) is 4.79 Å². The molecule has 0 bridgehead atoms. The van der Waals surface area contributed by atoms with Crippen LogP contribution in [0.4, 0.5) is 0 Å². The first-order chi connectivity index (χ1) is 9.58. The summed E-state index contributed by atoms with van der Waals surface area (Å²) in [5.74, 6) is 0. The van der Waals surface area contributed by atoms with E-state index in [0.29, 0.717) is 14.5 Å². The van der Waals surface area contributed by atoms with Gasteiger partial charge in [-0.3, -0.25) is 9.36 Å². The summed E-state index contributed by atoms with van der Waals surface area (Å²) in [6.45, 7) is 1.94. The number of aromatic amines is 1. The Morgan fingerprint density at radius 2 is 2.20 bits per heavy atom. The minimum absolute atomic E-state index is 0.0637. The molecule has 0 fully saturated rings. The Hall–Kier alpha value is -1.43. The second kappa shape index (κ2) is 5.16. The standard InChI is InChI=1S/C14H11ClN2OS2/c1-8(9-3-2-4-10(15)7-9)17-13(18)12-11(5-6-20-12)16-14(17)19/h2-8H,1H3,(H,16,19). The van der Waals surface area contributed by atoms with Crippen LogP contribution in [-0.4, -0.2) is 9.55 Å². The minimum Gasteiger partial charge on any atom is -0.331 e. The van der Waals surface area contributed by atoms with Gasteiger partial charge in [0.1, 0.15) is 4.70 Å². The highest BCUT2D eigenvalue weighted by Gasteiger charge is 2.14. The number of H-pyrrole nitrogens is 1. The summed E-state index contributed by atoms with van der Waals surface area (Å²) < 4.78 is 2.71. The van der Waals surface area contributed by atoms with Crippen molar-refractivity contribution >= 4 is 45.4 Å². The van der Waals surface area contributed by atoms with Crippen LogP contribution < -0.4 is 5.56 Å². The van der Waals surface area contributed by atoms with Gasteiger partial charge in [-0.25, -0.2) is 0 Å². The van der Waals surface area contributed by atoms with Crippen LogP contribution in [0.5, 0.6) is 0 Å². The third-order valence-electron chi connectivity index (χ3n) is 3.26. The predicted molar refractivity (Wildman–Crippen MR) is 86.5 cm³/mol. The first-order valence-electron chi connectivity index (χ1n) is 6.05. The van der Waals surface area contributed by atoms with Gasteiger partial charge in [0.15, 0.2) is 4.77 Å². The summed E-state index contributed by atoms with van der Waals surface area (Å²) in [6, 6.07) is 9.17. The van der Waals surface area contributed by atoms with Gasteiger partial charge >= 0.3 is 0 Å². The molecule has 6 heteroatoms. The summed E-state index contributed by atoms with van der Waals surface area (Å²) in [4.78, 5) is 15.7. The molecule has 3 nitrogen and oxygen atoms in total. The van der Waals surface area contributed by atoms with E-state index in [4.69, 9.17) is 23.8 Å². The summed E-state index contributed by atoms with van der Waals surface area (Å²) >= 11 is 12.8. The van der Waals surface area contributed by atoms with Crippen molar-refractivity contribution in [1.29, 1.82) is 0 Å². The molecule has 102 valence electrons. The van der Waals surface area contributed by atoms with Gasteiger partial charge in [-0.2, -0.15) is 0 Å². The molecule has 1 atom stereocenters. The molecule has 1 aromatic carbocycles. The van der Waals surface area contributed by atoms with Crippen LogP contribution in [0, 0.1) is 4.77 Å². The van der Waals surface area contributed by atoms with Gasteiger partial charge in [0.2, 0.25) is 0 Å².